The van der Waals surface area contributed by atoms with Gasteiger partial charge in [-0.3, -0.25) is 9.89 Å². The number of aromatic amines is 1. The fourth-order valence-electron chi connectivity index (χ4n) is 5.87. The number of likely N-dealkylation sites (tertiary alicyclic amines) is 1. The Labute approximate surface area is 212 Å². The number of fused-ring (bicyclic) bond motifs is 6. The highest BCUT2D eigenvalue weighted by Crippen LogP contribution is 2.42. The smallest absolute Gasteiger partial charge is 0.226 e. The SMILES string of the molecule is CC(C)Oc1cc2[nH]ncc2cc1Nc1ncnc2sc3c(c12)CC[C@H](C(=O)N1C[C@H]2C[C@@H]1CO2)C3. The lowest BCUT2D eigenvalue weighted by molar-refractivity contribution is -0.140. The van der Waals surface area contributed by atoms with Gasteiger partial charge in [-0.1, -0.05) is 0 Å². The van der Waals surface area contributed by atoms with Gasteiger partial charge < -0.3 is 19.7 Å². The highest BCUT2D eigenvalue weighted by atomic mass is 32.1. The second-order valence-electron chi connectivity index (χ2n) is 10.3. The van der Waals surface area contributed by atoms with Crippen molar-refractivity contribution in [2.75, 3.05) is 18.5 Å². The van der Waals surface area contributed by atoms with Crippen molar-refractivity contribution in [3.05, 3.63) is 35.1 Å². The first-order valence-electron chi connectivity index (χ1n) is 12.6. The lowest BCUT2D eigenvalue weighted by Gasteiger charge is -2.32. The van der Waals surface area contributed by atoms with Gasteiger partial charge in [-0.25, -0.2) is 9.97 Å². The van der Waals surface area contributed by atoms with Crippen LogP contribution in [0.15, 0.2) is 24.7 Å². The first-order valence-corrected chi connectivity index (χ1v) is 13.4. The minimum Gasteiger partial charge on any atom is -0.489 e. The number of amides is 1. The van der Waals surface area contributed by atoms with Crippen LogP contribution in [-0.2, 0) is 22.4 Å². The number of aryl methyl sites for hydroxylation is 1. The molecule has 0 radical (unpaired) electrons. The summed E-state index contributed by atoms with van der Waals surface area (Å²) in [4.78, 5) is 26.8. The fourth-order valence-corrected chi connectivity index (χ4v) is 7.14. The molecule has 7 rings (SSSR count). The number of thiophene rings is 1. The van der Waals surface area contributed by atoms with Crippen molar-refractivity contribution >= 4 is 49.9 Å². The van der Waals surface area contributed by atoms with Crippen molar-refractivity contribution in [1.82, 2.24) is 25.1 Å². The molecule has 3 aromatic heterocycles. The quantitative estimate of drug-likeness (QED) is 0.420. The van der Waals surface area contributed by atoms with Crippen LogP contribution in [0.25, 0.3) is 21.1 Å². The summed E-state index contributed by atoms with van der Waals surface area (Å²) in [5.74, 6) is 1.84. The fraction of sp³-hybridized carbons (Fsp3) is 0.462. The number of rotatable bonds is 5. The Morgan fingerprint density at radius 2 is 2.25 bits per heavy atom. The van der Waals surface area contributed by atoms with Crippen molar-refractivity contribution < 1.29 is 14.3 Å². The number of benzene rings is 1. The number of H-pyrrole nitrogens is 1. The number of anilines is 2. The molecule has 2 saturated heterocycles. The van der Waals surface area contributed by atoms with Gasteiger partial charge in [0, 0.05) is 28.8 Å². The molecule has 1 amide bonds. The summed E-state index contributed by atoms with van der Waals surface area (Å²) in [6.07, 6.45) is 7.13. The van der Waals surface area contributed by atoms with E-state index in [2.05, 4.69) is 30.4 Å². The summed E-state index contributed by atoms with van der Waals surface area (Å²) >= 11 is 1.69. The Kier molecular flexibility index (Phi) is 5.14. The molecule has 3 aliphatic rings. The maximum Gasteiger partial charge on any atom is 0.226 e. The second-order valence-corrected chi connectivity index (χ2v) is 11.4. The Morgan fingerprint density at radius 1 is 1.33 bits per heavy atom. The molecule has 0 saturated carbocycles. The largest absolute Gasteiger partial charge is 0.489 e. The molecule has 186 valence electrons. The van der Waals surface area contributed by atoms with Crippen LogP contribution < -0.4 is 10.1 Å². The lowest BCUT2D eigenvalue weighted by Crippen LogP contribution is -2.45. The maximum absolute atomic E-state index is 13.3. The van der Waals surface area contributed by atoms with E-state index in [1.807, 2.05) is 26.0 Å². The molecule has 2 aliphatic heterocycles. The van der Waals surface area contributed by atoms with E-state index in [-0.39, 0.29) is 24.2 Å². The predicted molar refractivity (Wildman–Crippen MR) is 138 cm³/mol. The zero-order chi connectivity index (χ0) is 24.4. The molecule has 2 fully saturated rings. The number of carbonyl (C=O) groups is 1. The van der Waals surface area contributed by atoms with E-state index in [0.29, 0.717) is 12.5 Å². The normalized spacial score (nSPS) is 23.1. The number of hydrogen-bond donors (Lipinski definition) is 2. The molecular weight excluding hydrogens is 476 g/mol. The number of aromatic nitrogens is 4. The molecule has 36 heavy (non-hydrogen) atoms. The van der Waals surface area contributed by atoms with Crippen LogP contribution in [0.5, 0.6) is 5.75 Å². The highest BCUT2D eigenvalue weighted by molar-refractivity contribution is 7.19. The summed E-state index contributed by atoms with van der Waals surface area (Å²) in [6, 6.07) is 4.27. The van der Waals surface area contributed by atoms with Crippen LogP contribution in [0.4, 0.5) is 11.5 Å². The van der Waals surface area contributed by atoms with E-state index < -0.39 is 0 Å². The van der Waals surface area contributed by atoms with Crippen molar-refractivity contribution in [2.24, 2.45) is 5.92 Å². The van der Waals surface area contributed by atoms with Crippen LogP contribution in [0.2, 0.25) is 0 Å². The molecule has 0 unspecified atom stereocenters. The molecule has 1 aliphatic carbocycles. The molecule has 0 spiro atoms. The number of carbonyl (C=O) groups excluding carboxylic acids is 1. The standard InChI is InChI=1S/C26H28N6O3S/c1-13(2)35-21-8-19-15(9-29-31-19)5-20(21)30-24-23-18-4-3-14(6-22(18)36-25(23)28-12-27-24)26(33)32-10-17-7-16(32)11-34-17/h5,8-9,12-14,16-17H,3-4,6-7,10-11H2,1-2H3,(H,29,31)(H,27,28,30)/t14-,16+,17+/m0/s1. The molecule has 2 bridgehead atoms. The first kappa shape index (κ1) is 22.0. The third-order valence-corrected chi connectivity index (χ3v) is 8.70. The van der Waals surface area contributed by atoms with E-state index in [1.165, 1.54) is 10.4 Å². The molecular formula is C26H28N6O3S. The third-order valence-electron chi connectivity index (χ3n) is 7.53. The predicted octanol–water partition coefficient (Wildman–Crippen LogP) is 4.20. The summed E-state index contributed by atoms with van der Waals surface area (Å²) in [5.41, 5.74) is 3.03. The lowest BCUT2D eigenvalue weighted by atomic mass is 9.86. The van der Waals surface area contributed by atoms with E-state index in [0.717, 1.165) is 70.6 Å². The zero-order valence-corrected chi connectivity index (χ0v) is 21.1. The summed E-state index contributed by atoms with van der Waals surface area (Å²) in [5, 5.41) is 12.8. The van der Waals surface area contributed by atoms with Crippen molar-refractivity contribution in [3.63, 3.8) is 0 Å². The van der Waals surface area contributed by atoms with Crippen LogP contribution in [0, 0.1) is 5.92 Å². The van der Waals surface area contributed by atoms with E-state index in [4.69, 9.17) is 9.47 Å². The van der Waals surface area contributed by atoms with Crippen molar-refractivity contribution in [2.45, 2.75) is 57.8 Å². The summed E-state index contributed by atoms with van der Waals surface area (Å²) in [7, 11) is 0. The first-order chi connectivity index (χ1) is 17.5. The number of nitrogens with zero attached hydrogens (tertiary/aromatic N) is 4. The molecule has 5 heterocycles. The van der Waals surface area contributed by atoms with Gasteiger partial charge in [0.05, 0.1) is 47.6 Å². The minimum absolute atomic E-state index is 0.0251. The van der Waals surface area contributed by atoms with Crippen molar-refractivity contribution in [3.8, 4) is 5.75 Å². The van der Waals surface area contributed by atoms with Gasteiger partial charge in [-0.2, -0.15) is 5.10 Å². The van der Waals surface area contributed by atoms with Gasteiger partial charge in [0.15, 0.2) is 0 Å². The average Bonchev–Trinajstić information content (AvgIpc) is 3.66. The average molecular weight is 505 g/mol. The van der Waals surface area contributed by atoms with E-state index in [1.54, 1.807) is 23.9 Å². The van der Waals surface area contributed by atoms with Crippen LogP contribution in [0.1, 0.15) is 37.1 Å². The van der Waals surface area contributed by atoms with E-state index >= 15 is 0 Å². The van der Waals surface area contributed by atoms with Gasteiger partial charge in [-0.05, 0) is 51.2 Å². The summed E-state index contributed by atoms with van der Waals surface area (Å²) in [6.45, 7) is 5.46. The molecule has 2 N–H and O–H groups in total. The molecule has 1 aromatic carbocycles. The number of hydrogen-bond acceptors (Lipinski definition) is 8. The number of morpholine rings is 1. The van der Waals surface area contributed by atoms with Gasteiger partial charge in [-0.15, -0.1) is 11.3 Å². The Morgan fingerprint density at radius 3 is 3.06 bits per heavy atom. The summed E-state index contributed by atoms with van der Waals surface area (Å²) < 4.78 is 11.8. The van der Waals surface area contributed by atoms with Crippen molar-refractivity contribution in [1.29, 1.82) is 0 Å². The molecule has 3 atom stereocenters. The molecule has 9 nitrogen and oxygen atoms in total. The monoisotopic (exact) mass is 504 g/mol. The van der Waals surface area contributed by atoms with Crippen LogP contribution in [-0.4, -0.2) is 62.4 Å². The van der Waals surface area contributed by atoms with Gasteiger partial charge >= 0.3 is 0 Å². The van der Waals surface area contributed by atoms with E-state index in [9.17, 15) is 4.79 Å². The van der Waals surface area contributed by atoms with Gasteiger partial charge in [0.1, 0.15) is 22.7 Å². The number of ether oxygens (including phenoxy) is 2. The zero-order valence-electron chi connectivity index (χ0n) is 20.3. The third kappa shape index (κ3) is 3.62. The maximum atomic E-state index is 13.3. The second kappa shape index (κ2) is 8.41. The minimum atomic E-state index is 0.0251. The Hall–Kier alpha value is -3.24. The molecule has 10 heteroatoms. The Bertz CT molecular complexity index is 1480. The molecule has 4 aromatic rings. The Balaban J connectivity index is 1.20. The van der Waals surface area contributed by atoms with Crippen LogP contribution in [0.3, 0.4) is 0 Å². The van der Waals surface area contributed by atoms with Gasteiger partial charge in [0.25, 0.3) is 0 Å². The highest BCUT2D eigenvalue weighted by Gasteiger charge is 2.43. The number of nitrogens with one attached hydrogen (secondary N) is 2. The van der Waals surface area contributed by atoms with Gasteiger partial charge in [0.2, 0.25) is 5.91 Å². The topological polar surface area (TPSA) is 105 Å². The van der Waals surface area contributed by atoms with Crippen LogP contribution >= 0.6 is 11.3 Å².